The topological polar surface area (TPSA) is 49.5 Å². The van der Waals surface area contributed by atoms with E-state index in [0.29, 0.717) is 12.1 Å². The number of aromatic nitrogens is 1. The zero-order valence-corrected chi connectivity index (χ0v) is 13.0. The average Bonchev–Trinajstić information content (AvgIpc) is 2.99. The molecule has 2 atom stereocenters. The summed E-state index contributed by atoms with van der Waals surface area (Å²) in [4.78, 5) is 6.56. The van der Waals surface area contributed by atoms with Crippen molar-refractivity contribution in [2.24, 2.45) is 0 Å². The molecule has 1 aromatic carbocycles. The number of hydrogen-bond acceptors (Lipinski definition) is 4. The van der Waals surface area contributed by atoms with E-state index < -0.39 is 17.7 Å². The second-order valence-electron chi connectivity index (χ2n) is 6.05. The van der Waals surface area contributed by atoms with Crippen LogP contribution >= 0.6 is 0 Å². The van der Waals surface area contributed by atoms with E-state index in [0.717, 1.165) is 43.6 Å². The lowest BCUT2D eigenvalue weighted by Crippen LogP contribution is -2.45. The summed E-state index contributed by atoms with van der Waals surface area (Å²) in [5.74, 6) is -1.55. The molecule has 23 heavy (non-hydrogen) atoms. The molecule has 0 amide bonds. The SMILES string of the molecule is CC(O)C1CCCCN1Cc1coc(-c2ccc(F)c(F)c2)n1. The summed E-state index contributed by atoms with van der Waals surface area (Å²) in [5.41, 5.74) is 1.12. The molecule has 0 bridgehead atoms. The van der Waals surface area contributed by atoms with E-state index in [-0.39, 0.29) is 11.9 Å². The summed E-state index contributed by atoms with van der Waals surface area (Å²) in [7, 11) is 0. The number of aliphatic hydroxyl groups is 1. The summed E-state index contributed by atoms with van der Waals surface area (Å²) >= 11 is 0. The average molecular weight is 322 g/mol. The monoisotopic (exact) mass is 322 g/mol. The van der Waals surface area contributed by atoms with Crippen molar-refractivity contribution in [2.45, 2.75) is 44.9 Å². The van der Waals surface area contributed by atoms with Crippen LogP contribution in [0.4, 0.5) is 8.78 Å². The van der Waals surface area contributed by atoms with Crippen LogP contribution in [0, 0.1) is 11.6 Å². The van der Waals surface area contributed by atoms with Gasteiger partial charge >= 0.3 is 0 Å². The van der Waals surface area contributed by atoms with Gasteiger partial charge in [-0.3, -0.25) is 4.90 Å². The first kappa shape index (κ1) is 16.1. The van der Waals surface area contributed by atoms with Crippen LogP contribution in [0.3, 0.4) is 0 Å². The Kier molecular flexibility index (Phi) is 4.73. The Morgan fingerprint density at radius 1 is 1.35 bits per heavy atom. The smallest absolute Gasteiger partial charge is 0.226 e. The molecule has 3 rings (SSSR count). The molecule has 1 saturated heterocycles. The first-order chi connectivity index (χ1) is 11.0. The minimum absolute atomic E-state index is 0.118. The van der Waals surface area contributed by atoms with Gasteiger partial charge in [0.05, 0.1) is 11.8 Å². The van der Waals surface area contributed by atoms with Crippen LogP contribution in [0.25, 0.3) is 11.5 Å². The third kappa shape index (κ3) is 3.59. The Labute approximate surface area is 133 Å². The van der Waals surface area contributed by atoms with Gasteiger partial charge in [-0.1, -0.05) is 6.42 Å². The van der Waals surface area contributed by atoms with Crippen molar-refractivity contribution < 1.29 is 18.3 Å². The van der Waals surface area contributed by atoms with Gasteiger partial charge in [-0.15, -0.1) is 0 Å². The molecule has 0 spiro atoms. The lowest BCUT2D eigenvalue weighted by Gasteiger charge is -2.36. The summed E-state index contributed by atoms with van der Waals surface area (Å²) < 4.78 is 31.7. The molecule has 2 aromatic rings. The maximum Gasteiger partial charge on any atom is 0.226 e. The highest BCUT2D eigenvalue weighted by molar-refractivity contribution is 5.53. The Morgan fingerprint density at radius 3 is 2.91 bits per heavy atom. The lowest BCUT2D eigenvalue weighted by atomic mass is 9.98. The fourth-order valence-electron chi connectivity index (χ4n) is 3.11. The van der Waals surface area contributed by atoms with Crippen LogP contribution in [0.5, 0.6) is 0 Å². The number of piperidine rings is 1. The van der Waals surface area contributed by atoms with E-state index in [1.165, 1.54) is 12.3 Å². The van der Waals surface area contributed by atoms with E-state index in [2.05, 4.69) is 9.88 Å². The number of rotatable bonds is 4. The van der Waals surface area contributed by atoms with Gasteiger partial charge in [0.1, 0.15) is 6.26 Å². The van der Waals surface area contributed by atoms with Crippen molar-refractivity contribution in [3.8, 4) is 11.5 Å². The van der Waals surface area contributed by atoms with Crippen molar-refractivity contribution in [1.82, 2.24) is 9.88 Å². The molecule has 6 heteroatoms. The maximum atomic E-state index is 13.3. The van der Waals surface area contributed by atoms with Crippen LogP contribution in [0.1, 0.15) is 31.9 Å². The number of oxazole rings is 1. The van der Waals surface area contributed by atoms with Crippen LogP contribution in [-0.2, 0) is 6.54 Å². The second kappa shape index (κ2) is 6.76. The first-order valence-corrected chi connectivity index (χ1v) is 7.86. The molecule has 1 aliphatic rings. The highest BCUT2D eigenvalue weighted by Gasteiger charge is 2.27. The van der Waals surface area contributed by atoms with Crippen LogP contribution < -0.4 is 0 Å². The van der Waals surface area contributed by atoms with Gasteiger partial charge in [-0.2, -0.15) is 0 Å². The molecule has 4 nitrogen and oxygen atoms in total. The molecule has 0 saturated carbocycles. The van der Waals surface area contributed by atoms with Crippen molar-refractivity contribution in [1.29, 1.82) is 0 Å². The number of halogens is 2. The fraction of sp³-hybridized carbons (Fsp3) is 0.471. The number of hydrogen-bond donors (Lipinski definition) is 1. The Hall–Kier alpha value is -1.79. The van der Waals surface area contributed by atoms with Crippen molar-refractivity contribution in [2.75, 3.05) is 6.54 Å². The van der Waals surface area contributed by atoms with Gasteiger partial charge in [0, 0.05) is 18.2 Å². The zero-order chi connectivity index (χ0) is 16.4. The molecular weight excluding hydrogens is 302 g/mol. The molecule has 2 heterocycles. The van der Waals surface area contributed by atoms with Crippen molar-refractivity contribution in [3.63, 3.8) is 0 Å². The van der Waals surface area contributed by atoms with Gasteiger partial charge in [0.15, 0.2) is 11.6 Å². The molecule has 0 aliphatic carbocycles. The summed E-state index contributed by atoms with van der Waals surface area (Å²) in [6, 6.07) is 3.69. The van der Waals surface area contributed by atoms with Crippen LogP contribution in [0.15, 0.2) is 28.9 Å². The predicted molar refractivity (Wildman–Crippen MR) is 81.6 cm³/mol. The zero-order valence-electron chi connectivity index (χ0n) is 13.0. The summed E-state index contributed by atoms with van der Waals surface area (Å²) in [6.07, 6.45) is 4.31. The molecule has 1 aliphatic heterocycles. The third-order valence-electron chi connectivity index (χ3n) is 4.30. The van der Waals surface area contributed by atoms with Crippen LogP contribution in [-0.4, -0.2) is 33.7 Å². The first-order valence-electron chi connectivity index (χ1n) is 7.86. The number of nitrogens with zero attached hydrogens (tertiary/aromatic N) is 2. The minimum atomic E-state index is -0.924. The van der Waals surface area contributed by atoms with Gasteiger partial charge in [-0.05, 0) is 44.5 Å². The van der Waals surface area contributed by atoms with Crippen molar-refractivity contribution in [3.05, 3.63) is 41.8 Å². The van der Waals surface area contributed by atoms with E-state index in [1.807, 2.05) is 0 Å². The summed E-state index contributed by atoms with van der Waals surface area (Å²) in [6.45, 7) is 3.28. The molecule has 124 valence electrons. The Morgan fingerprint density at radius 2 is 2.17 bits per heavy atom. The van der Waals surface area contributed by atoms with Crippen molar-refractivity contribution >= 4 is 0 Å². The molecule has 0 radical (unpaired) electrons. The number of aliphatic hydroxyl groups excluding tert-OH is 1. The minimum Gasteiger partial charge on any atom is -0.444 e. The lowest BCUT2D eigenvalue weighted by molar-refractivity contribution is 0.0309. The maximum absolute atomic E-state index is 13.3. The van der Waals surface area contributed by atoms with E-state index in [4.69, 9.17) is 4.42 Å². The molecule has 2 unspecified atom stereocenters. The van der Waals surface area contributed by atoms with Gasteiger partial charge in [0.25, 0.3) is 0 Å². The molecular formula is C17H20F2N2O2. The van der Waals surface area contributed by atoms with Crippen LogP contribution in [0.2, 0.25) is 0 Å². The van der Waals surface area contributed by atoms with Gasteiger partial charge in [-0.25, -0.2) is 13.8 Å². The van der Waals surface area contributed by atoms with E-state index in [9.17, 15) is 13.9 Å². The standard InChI is InChI=1S/C17H20F2N2O2/c1-11(22)16-4-2-3-7-21(16)9-13-10-23-17(20-13)12-5-6-14(18)15(19)8-12/h5-6,8,10-11,16,22H,2-4,7,9H2,1H3. The highest BCUT2D eigenvalue weighted by Crippen LogP contribution is 2.24. The highest BCUT2D eigenvalue weighted by atomic mass is 19.2. The summed E-state index contributed by atoms with van der Waals surface area (Å²) in [5, 5.41) is 9.90. The molecule has 1 fully saturated rings. The Bertz CT molecular complexity index is 672. The largest absolute Gasteiger partial charge is 0.444 e. The predicted octanol–water partition coefficient (Wildman–Crippen LogP) is 3.36. The Balaban J connectivity index is 1.75. The van der Waals surface area contributed by atoms with Gasteiger partial charge in [0.2, 0.25) is 5.89 Å². The molecule has 1 aromatic heterocycles. The van der Waals surface area contributed by atoms with E-state index >= 15 is 0 Å². The third-order valence-corrected chi connectivity index (χ3v) is 4.30. The van der Waals surface area contributed by atoms with E-state index in [1.54, 1.807) is 6.92 Å². The van der Waals surface area contributed by atoms with Gasteiger partial charge < -0.3 is 9.52 Å². The molecule has 1 N–H and O–H groups in total. The quantitative estimate of drug-likeness (QED) is 0.938. The fourth-order valence-corrected chi connectivity index (χ4v) is 3.11. The number of benzene rings is 1. The number of likely N-dealkylation sites (tertiary alicyclic amines) is 1. The normalized spacial score (nSPS) is 20.6. The second-order valence-corrected chi connectivity index (χ2v) is 6.05.